The Bertz CT molecular complexity index is 621. The lowest BCUT2D eigenvalue weighted by atomic mass is 9.91. The second-order valence-corrected chi connectivity index (χ2v) is 8.15. The Morgan fingerprint density at radius 1 is 1.04 bits per heavy atom. The van der Waals surface area contributed by atoms with Crippen LogP contribution in [0.15, 0.2) is 24.5 Å². The quantitative estimate of drug-likeness (QED) is 0.731. The minimum absolute atomic E-state index is 0.0723. The third kappa shape index (κ3) is 5.77. The Kier molecular flexibility index (Phi) is 7.83. The van der Waals surface area contributed by atoms with Crippen LogP contribution in [0.4, 0.5) is 0 Å². The van der Waals surface area contributed by atoms with Gasteiger partial charge >= 0.3 is 0 Å². The van der Waals surface area contributed by atoms with Gasteiger partial charge in [0.1, 0.15) is 0 Å². The molecule has 6 nitrogen and oxygen atoms in total. The van der Waals surface area contributed by atoms with Crippen molar-refractivity contribution in [1.29, 1.82) is 0 Å². The van der Waals surface area contributed by atoms with Crippen molar-refractivity contribution < 1.29 is 9.59 Å². The van der Waals surface area contributed by atoms with Crippen LogP contribution in [0, 0.1) is 11.8 Å². The van der Waals surface area contributed by atoms with Gasteiger partial charge in [-0.25, -0.2) is 0 Å². The Morgan fingerprint density at radius 3 is 2.32 bits per heavy atom. The normalized spacial score (nSPS) is 19.5. The Balaban J connectivity index is 1.38. The molecular formula is C22H34N4O2. The Morgan fingerprint density at radius 2 is 1.68 bits per heavy atom. The van der Waals surface area contributed by atoms with Gasteiger partial charge in [0.15, 0.2) is 0 Å². The fraction of sp³-hybridized carbons (Fsp3) is 0.682. The highest BCUT2D eigenvalue weighted by Crippen LogP contribution is 2.24. The molecule has 0 bridgehead atoms. The summed E-state index contributed by atoms with van der Waals surface area (Å²) in [4.78, 5) is 33.6. The molecule has 1 aromatic rings. The van der Waals surface area contributed by atoms with Crippen LogP contribution < -0.4 is 5.32 Å². The highest BCUT2D eigenvalue weighted by Gasteiger charge is 2.32. The van der Waals surface area contributed by atoms with Crippen LogP contribution >= 0.6 is 0 Å². The Hall–Kier alpha value is -1.95. The van der Waals surface area contributed by atoms with Gasteiger partial charge in [-0.2, -0.15) is 0 Å². The lowest BCUT2D eigenvalue weighted by molar-refractivity contribution is -0.140. The standard InChI is InChI=1S/C22H34N4O2/c1-2-3-10-24-21(27)19-8-15-26(16-9-19)22(28)20-6-13-25(14-7-20)17-18-4-11-23-12-5-18/h4-5,11-12,19-20H,2-3,6-10,13-17H2,1H3,(H,24,27). The Labute approximate surface area is 168 Å². The zero-order valence-electron chi connectivity index (χ0n) is 17.1. The summed E-state index contributed by atoms with van der Waals surface area (Å²) in [7, 11) is 0. The van der Waals surface area contributed by atoms with Crippen molar-refractivity contribution in [3.05, 3.63) is 30.1 Å². The molecule has 2 aliphatic heterocycles. The van der Waals surface area contributed by atoms with E-state index in [1.807, 2.05) is 17.3 Å². The number of pyridine rings is 1. The van der Waals surface area contributed by atoms with Crippen molar-refractivity contribution in [2.24, 2.45) is 11.8 Å². The molecule has 2 saturated heterocycles. The number of rotatable bonds is 7. The molecule has 3 rings (SSSR count). The van der Waals surface area contributed by atoms with Gasteiger partial charge in [0.2, 0.25) is 11.8 Å². The highest BCUT2D eigenvalue weighted by molar-refractivity contribution is 5.81. The number of likely N-dealkylation sites (tertiary alicyclic amines) is 2. The van der Waals surface area contributed by atoms with E-state index >= 15 is 0 Å². The van der Waals surface area contributed by atoms with Gasteiger partial charge in [0, 0.05) is 50.4 Å². The first-order chi connectivity index (χ1) is 13.7. The molecule has 0 radical (unpaired) electrons. The lowest BCUT2D eigenvalue weighted by Gasteiger charge is -2.37. The molecule has 2 amide bonds. The highest BCUT2D eigenvalue weighted by atomic mass is 16.2. The van der Waals surface area contributed by atoms with Gasteiger partial charge < -0.3 is 10.2 Å². The summed E-state index contributed by atoms with van der Waals surface area (Å²) < 4.78 is 0. The van der Waals surface area contributed by atoms with Crippen LogP contribution in [0.25, 0.3) is 0 Å². The molecule has 1 aromatic heterocycles. The number of nitrogens with one attached hydrogen (secondary N) is 1. The summed E-state index contributed by atoms with van der Waals surface area (Å²) in [6.45, 7) is 7.21. The van der Waals surface area contributed by atoms with E-state index in [2.05, 4.69) is 34.3 Å². The molecule has 154 valence electrons. The predicted molar refractivity (Wildman–Crippen MR) is 109 cm³/mol. The van der Waals surface area contributed by atoms with Gasteiger partial charge in [0.25, 0.3) is 0 Å². The van der Waals surface area contributed by atoms with Crippen molar-refractivity contribution in [1.82, 2.24) is 20.1 Å². The van der Waals surface area contributed by atoms with Crippen LogP contribution in [0.2, 0.25) is 0 Å². The summed E-state index contributed by atoms with van der Waals surface area (Å²) in [6.07, 6.45) is 9.24. The van der Waals surface area contributed by atoms with Crippen LogP contribution in [0.3, 0.4) is 0 Å². The molecule has 0 spiro atoms. The number of carbonyl (C=O) groups excluding carboxylic acids is 2. The molecule has 0 saturated carbocycles. The molecule has 3 heterocycles. The summed E-state index contributed by atoms with van der Waals surface area (Å²) in [6, 6.07) is 4.11. The van der Waals surface area contributed by atoms with Gasteiger partial charge in [-0.05, 0) is 62.9 Å². The fourth-order valence-electron chi connectivity index (χ4n) is 4.24. The van der Waals surface area contributed by atoms with E-state index in [1.54, 1.807) is 0 Å². The van der Waals surface area contributed by atoms with Gasteiger partial charge in [-0.1, -0.05) is 13.3 Å². The van der Waals surface area contributed by atoms with Crippen LogP contribution in [0.5, 0.6) is 0 Å². The predicted octanol–water partition coefficient (Wildman–Crippen LogP) is 2.45. The topological polar surface area (TPSA) is 65.5 Å². The third-order valence-corrected chi connectivity index (χ3v) is 6.10. The molecule has 2 aliphatic rings. The molecule has 0 aliphatic carbocycles. The molecule has 1 N–H and O–H groups in total. The SMILES string of the molecule is CCCCNC(=O)C1CCN(C(=O)C2CCN(Cc3ccncc3)CC2)CC1. The molecule has 0 atom stereocenters. The van der Waals surface area contributed by atoms with E-state index in [9.17, 15) is 9.59 Å². The van der Waals surface area contributed by atoms with Crippen molar-refractivity contribution in [2.75, 3.05) is 32.7 Å². The first-order valence-electron chi connectivity index (χ1n) is 10.8. The molecular weight excluding hydrogens is 352 g/mol. The van der Waals surface area contributed by atoms with E-state index in [1.165, 1.54) is 5.56 Å². The average Bonchev–Trinajstić information content (AvgIpc) is 2.75. The van der Waals surface area contributed by atoms with E-state index < -0.39 is 0 Å². The monoisotopic (exact) mass is 386 g/mol. The van der Waals surface area contributed by atoms with Crippen molar-refractivity contribution in [3.63, 3.8) is 0 Å². The molecule has 6 heteroatoms. The molecule has 0 aromatic carbocycles. The second kappa shape index (κ2) is 10.6. The number of carbonyl (C=O) groups is 2. The summed E-state index contributed by atoms with van der Waals surface area (Å²) in [5.41, 5.74) is 1.28. The molecule has 0 unspecified atom stereocenters. The first kappa shape index (κ1) is 20.8. The number of hydrogen-bond acceptors (Lipinski definition) is 4. The maximum atomic E-state index is 12.9. The number of amides is 2. The number of nitrogens with zero attached hydrogens (tertiary/aromatic N) is 3. The minimum atomic E-state index is 0.0723. The number of piperidine rings is 2. The van der Waals surface area contributed by atoms with Crippen molar-refractivity contribution in [2.45, 2.75) is 52.0 Å². The third-order valence-electron chi connectivity index (χ3n) is 6.10. The zero-order valence-corrected chi connectivity index (χ0v) is 17.1. The maximum absolute atomic E-state index is 12.9. The molecule has 28 heavy (non-hydrogen) atoms. The summed E-state index contributed by atoms with van der Waals surface area (Å²) in [5.74, 6) is 0.685. The number of hydrogen-bond donors (Lipinski definition) is 1. The van der Waals surface area contributed by atoms with E-state index in [0.717, 1.165) is 77.8 Å². The maximum Gasteiger partial charge on any atom is 0.225 e. The van der Waals surface area contributed by atoms with Crippen molar-refractivity contribution in [3.8, 4) is 0 Å². The average molecular weight is 387 g/mol. The number of aromatic nitrogens is 1. The fourth-order valence-corrected chi connectivity index (χ4v) is 4.24. The molecule has 2 fully saturated rings. The summed E-state index contributed by atoms with van der Waals surface area (Å²) >= 11 is 0. The van der Waals surface area contributed by atoms with Gasteiger partial charge in [-0.15, -0.1) is 0 Å². The largest absolute Gasteiger partial charge is 0.356 e. The number of unbranched alkanes of at least 4 members (excludes halogenated alkanes) is 1. The van der Waals surface area contributed by atoms with Crippen LogP contribution in [-0.2, 0) is 16.1 Å². The second-order valence-electron chi connectivity index (χ2n) is 8.15. The van der Waals surface area contributed by atoms with Gasteiger partial charge in [0.05, 0.1) is 0 Å². The van der Waals surface area contributed by atoms with E-state index in [0.29, 0.717) is 5.91 Å². The minimum Gasteiger partial charge on any atom is -0.356 e. The van der Waals surface area contributed by atoms with Gasteiger partial charge in [-0.3, -0.25) is 19.5 Å². The van der Waals surface area contributed by atoms with Crippen LogP contribution in [-0.4, -0.2) is 59.3 Å². The van der Waals surface area contributed by atoms with E-state index in [4.69, 9.17) is 0 Å². The first-order valence-corrected chi connectivity index (χ1v) is 10.8. The lowest BCUT2D eigenvalue weighted by Crippen LogP contribution is -2.47. The van der Waals surface area contributed by atoms with Crippen LogP contribution in [0.1, 0.15) is 51.0 Å². The smallest absolute Gasteiger partial charge is 0.225 e. The van der Waals surface area contributed by atoms with Crippen molar-refractivity contribution >= 4 is 11.8 Å². The van der Waals surface area contributed by atoms with E-state index in [-0.39, 0.29) is 17.7 Å². The summed E-state index contributed by atoms with van der Waals surface area (Å²) in [5, 5.41) is 3.03. The zero-order chi connectivity index (χ0) is 19.8.